The molecule has 1 atom stereocenters. The van der Waals surface area contributed by atoms with E-state index in [1.807, 2.05) is 18.3 Å². The molecule has 0 saturated carbocycles. The van der Waals surface area contributed by atoms with E-state index in [4.69, 9.17) is 9.47 Å². The van der Waals surface area contributed by atoms with E-state index in [1.54, 1.807) is 7.11 Å². The highest BCUT2D eigenvalue weighted by atomic mass is 16.5. The normalized spacial score (nSPS) is 17.4. The lowest BCUT2D eigenvalue weighted by Crippen LogP contribution is -2.48. The summed E-state index contributed by atoms with van der Waals surface area (Å²) in [5.41, 5.74) is 5.39. The molecule has 1 saturated heterocycles. The van der Waals surface area contributed by atoms with Crippen LogP contribution >= 0.6 is 0 Å². The zero-order valence-corrected chi connectivity index (χ0v) is 20.2. The fourth-order valence-electron chi connectivity index (χ4n) is 4.91. The molecule has 0 radical (unpaired) electrons. The van der Waals surface area contributed by atoms with Crippen molar-refractivity contribution in [3.8, 4) is 5.75 Å². The van der Waals surface area contributed by atoms with Gasteiger partial charge in [-0.05, 0) is 55.3 Å². The van der Waals surface area contributed by atoms with E-state index in [1.165, 1.54) is 47.5 Å². The summed E-state index contributed by atoms with van der Waals surface area (Å²) < 4.78 is 10.7. The Hall–Kier alpha value is -2.83. The van der Waals surface area contributed by atoms with E-state index in [2.05, 4.69) is 52.9 Å². The van der Waals surface area contributed by atoms with E-state index < -0.39 is 0 Å². The van der Waals surface area contributed by atoms with Crippen molar-refractivity contribution in [3.63, 3.8) is 0 Å². The number of ether oxygens (including phenoxy) is 2. The van der Waals surface area contributed by atoms with Crippen molar-refractivity contribution in [1.82, 2.24) is 14.8 Å². The molecule has 0 bridgehead atoms. The number of nitrogens with zero attached hydrogens (tertiary/aromatic N) is 2. The number of esters is 1. The van der Waals surface area contributed by atoms with Crippen LogP contribution in [0.3, 0.4) is 0 Å². The second-order valence-corrected chi connectivity index (χ2v) is 8.89. The van der Waals surface area contributed by atoms with Crippen molar-refractivity contribution < 1.29 is 14.3 Å². The SMILES string of the molecule is CCCCN1CCN(Cc2c(OC)cc(C)c3[nH]ccc23)C(c2ccc(C(=O)OC)cc2)C1. The van der Waals surface area contributed by atoms with E-state index in [-0.39, 0.29) is 12.0 Å². The molecule has 176 valence electrons. The Morgan fingerprint density at radius 1 is 1.15 bits per heavy atom. The molecular weight excluding hydrogens is 414 g/mol. The van der Waals surface area contributed by atoms with Crippen LogP contribution in [0.25, 0.3) is 10.9 Å². The van der Waals surface area contributed by atoms with Crippen molar-refractivity contribution >= 4 is 16.9 Å². The third kappa shape index (κ3) is 4.92. The number of aromatic nitrogens is 1. The van der Waals surface area contributed by atoms with Gasteiger partial charge in [0, 0.05) is 54.9 Å². The molecule has 1 N–H and O–H groups in total. The fourth-order valence-corrected chi connectivity index (χ4v) is 4.91. The maximum Gasteiger partial charge on any atom is 0.337 e. The number of hydrogen-bond acceptors (Lipinski definition) is 5. The lowest BCUT2D eigenvalue weighted by Gasteiger charge is -2.42. The molecule has 1 unspecified atom stereocenters. The molecule has 6 heteroatoms. The first-order valence-electron chi connectivity index (χ1n) is 11.8. The average Bonchev–Trinajstić information content (AvgIpc) is 3.35. The predicted molar refractivity (Wildman–Crippen MR) is 132 cm³/mol. The Kier molecular flexibility index (Phi) is 7.36. The number of fused-ring (bicyclic) bond motifs is 1. The quantitative estimate of drug-likeness (QED) is 0.494. The van der Waals surface area contributed by atoms with Crippen LogP contribution in [0.4, 0.5) is 0 Å². The summed E-state index contributed by atoms with van der Waals surface area (Å²) in [4.78, 5) is 20.4. The Morgan fingerprint density at radius 2 is 1.94 bits per heavy atom. The van der Waals surface area contributed by atoms with Gasteiger partial charge in [0.25, 0.3) is 0 Å². The summed E-state index contributed by atoms with van der Waals surface area (Å²) in [7, 11) is 3.17. The highest BCUT2D eigenvalue weighted by Crippen LogP contribution is 2.35. The van der Waals surface area contributed by atoms with Gasteiger partial charge >= 0.3 is 5.97 Å². The van der Waals surface area contributed by atoms with Gasteiger partial charge in [-0.1, -0.05) is 25.5 Å². The first-order valence-corrected chi connectivity index (χ1v) is 11.8. The molecule has 2 aromatic carbocycles. The van der Waals surface area contributed by atoms with Gasteiger partial charge in [0.2, 0.25) is 0 Å². The molecule has 1 aliphatic rings. The van der Waals surface area contributed by atoms with Gasteiger partial charge in [0.05, 0.1) is 19.8 Å². The number of hydrogen-bond donors (Lipinski definition) is 1. The standard InChI is InChI=1S/C27H35N3O3/c1-5-6-13-29-14-15-30(24(18-29)20-7-9-21(10-8-20)27(31)33-4)17-23-22-11-12-28-26(22)19(2)16-25(23)32-3/h7-12,16,24,28H,5-6,13-15,17-18H2,1-4H3. The molecule has 1 aliphatic heterocycles. The van der Waals surface area contributed by atoms with Gasteiger partial charge in [0.15, 0.2) is 0 Å². The number of piperazine rings is 1. The minimum atomic E-state index is -0.300. The largest absolute Gasteiger partial charge is 0.496 e. The number of aromatic amines is 1. The number of methoxy groups -OCH3 is 2. The molecular formula is C27H35N3O3. The minimum absolute atomic E-state index is 0.238. The van der Waals surface area contributed by atoms with Crippen LogP contribution in [0.5, 0.6) is 5.75 Å². The number of unbranched alkanes of at least 4 members (excludes halogenated alkanes) is 1. The lowest BCUT2D eigenvalue weighted by molar-refractivity contribution is 0.0599. The number of benzene rings is 2. The van der Waals surface area contributed by atoms with Crippen molar-refractivity contribution in [2.24, 2.45) is 0 Å². The van der Waals surface area contributed by atoms with Crippen LogP contribution in [0.2, 0.25) is 0 Å². The van der Waals surface area contributed by atoms with Gasteiger partial charge in [-0.2, -0.15) is 0 Å². The second-order valence-electron chi connectivity index (χ2n) is 8.89. The number of H-pyrrole nitrogens is 1. The van der Waals surface area contributed by atoms with Gasteiger partial charge in [-0.3, -0.25) is 4.90 Å². The zero-order chi connectivity index (χ0) is 23.4. The van der Waals surface area contributed by atoms with Crippen LogP contribution in [-0.2, 0) is 11.3 Å². The Bertz CT molecular complexity index is 1090. The van der Waals surface area contributed by atoms with Crippen LogP contribution in [0.15, 0.2) is 42.6 Å². The van der Waals surface area contributed by atoms with Crippen molar-refractivity contribution in [2.75, 3.05) is 40.4 Å². The van der Waals surface area contributed by atoms with E-state index in [0.29, 0.717) is 5.56 Å². The number of aryl methyl sites for hydroxylation is 1. The summed E-state index contributed by atoms with van der Waals surface area (Å²) in [6, 6.07) is 12.4. The smallest absolute Gasteiger partial charge is 0.337 e. The minimum Gasteiger partial charge on any atom is -0.496 e. The topological polar surface area (TPSA) is 57.8 Å². The van der Waals surface area contributed by atoms with Crippen LogP contribution < -0.4 is 4.74 Å². The molecule has 3 aromatic rings. The molecule has 2 heterocycles. The molecule has 4 rings (SSSR count). The monoisotopic (exact) mass is 449 g/mol. The van der Waals surface area contributed by atoms with Gasteiger partial charge in [-0.25, -0.2) is 4.79 Å². The van der Waals surface area contributed by atoms with E-state index >= 15 is 0 Å². The maximum atomic E-state index is 11.9. The fraction of sp³-hybridized carbons (Fsp3) is 0.444. The second kappa shape index (κ2) is 10.4. The van der Waals surface area contributed by atoms with Gasteiger partial charge in [-0.15, -0.1) is 0 Å². The summed E-state index contributed by atoms with van der Waals surface area (Å²) in [6.07, 6.45) is 4.42. The molecule has 1 fully saturated rings. The first kappa shape index (κ1) is 23.3. The van der Waals surface area contributed by atoms with Crippen molar-refractivity contribution in [2.45, 2.75) is 39.3 Å². The Morgan fingerprint density at radius 3 is 2.64 bits per heavy atom. The molecule has 33 heavy (non-hydrogen) atoms. The predicted octanol–water partition coefficient (Wildman–Crippen LogP) is 4.93. The van der Waals surface area contributed by atoms with Crippen LogP contribution in [0, 0.1) is 6.92 Å². The molecule has 6 nitrogen and oxygen atoms in total. The molecule has 0 spiro atoms. The Balaban J connectivity index is 1.66. The maximum absolute atomic E-state index is 11.9. The number of carbonyl (C=O) groups excluding carboxylic acids is 1. The van der Waals surface area contributed by atoms with Crippen LogP contribution in [0.1, 0.15) is 52.9 Å². The van der Waals surface area contributed by atoms with E-state index in [9.17, 15) is 4.79 Å². The van der Waals surface area contributed by atoms with Crippen molar-refractivity contribution in [1.29, 1.82) is 0 Å². The van der Waals surface area contributed by atoms with E-state index in [0.717, 1.165) is 38.5 Å². The Labute approximate surface area is 196 Å². The van der Waals surface area contributed by atoms with Gasteiger partial charge in [0.1, 0.15) is 5.75 Å². The number of nitrogens with one attached hydrogen (secondary N) is 1. The molecule has 0 aliphatic carbocycles. The average molecular weight is 450 g/mol. The number of rotatable bonds is 8. The zero-order valence-electron chi connectivity index (χ0n) is 20.2. The van der Waals surface area contributed by atoms with Gasteiger partial charge < -0.3 is 19.4 Å². The lowest BCUT2D eigenvalue weighted by atomic mass is 9.98. The van der Waals surface area contributed by atoms with Crippen LogP contribution in [-0.4, -0.2) is 61.2 Å². The first-order chi connectivity index (χ1) is 16.0. The molecule has 0 amide bonds. The highest BCUT2D eigenvalue weighted by molar-refractivity contribution is 5.89. The third-order valence-corrected chi connectivity index (χ3v) is 6.81. The highest BCUT2D eigenvalue weighted by Gasteiger charge is 2.29. The summed E-state index contributed by atoms with van der Waals surface area (Å²) in [5.74, 6) is 0.638. The summed E-state index contributed by atoms with van der Waals surface area (Å²) >= 11 is 0. The third-order valence-electron chi connectivity index (χ3n) is 6.81. The number of carbonyl (C=O) groups is 1. The van der Waals surface area contributed by atoms with Crippen molar-refractivity contribution in [3.05, 3.63) is 64.8 Å². The summed E-state index contributed by atoms with van der Waals surface area (Å²) in [5, 5.41) is 1.22. The molecule has 1 aromatic heterocycles. The summed E-state index contributed by atoms with van der Waals surface area (Å²) in [6.45, 7) is 9.30.